The zero-order valence-corrected chi connectivity index (χ0v) is 9.58. The topological polar surface area (TPSA) is 26.3 Å². The van der Waals surface area contributed by atoms with Crippen LogP contribution < -0.4 is 4.74 Å². The van der Waals surface area contributed by atoms with Gasteiger partial charge in [-0.05, 0) is 42.2 Å². The van der Waals surface area contributed by atoms with Crippen molar-refractivity contribution in [3.8, 4) is 5.75 Å². The molecular formula is C14H16O2. The van der Waals surface area contributed by atoms with E-state index in [2.05, 4.69) is 13.5 Å². The first kappa shape index (κ1) is 10.9. The molecule has 0 saturated carbocycles. The molecule has 0 saturated heterocycles. The monoisotopic (exact) mass is 216 g/mol. The molecule has 0 spiro atoms. The van der Waals surface area contributed by atoms with E-state index in [4.69, 9.17) is 4.74 Å². The van der Waals surface area contributed by atoms with E-state index in [0.29, 0.717) is 13.0 Å². The number of benzene rings is 1. The molecule has 0 N–H and O–H groups in total. The Hall–Kier alpha value is -1.57. The van der Waals surface area contributed by atoms with Crippen molar-refractivity contribution in [3.05, 3.63) is 41.5 Å². The number of Topliss-reactive ketones (excluding diaryl/α,β-unsaturated/α-hetero) is 1. The number of carbonyl (C=O) groups excluding carboxylic acids is 1. The maximum absolute atomic E-state index is 11.4. The molecule has 2 rings (SSSR count). The van der Waals surface area contributed by atoms with Crippen LogP contribution in [-0.2, 0) is 6.42 Å². The highest BCUT2D eigenvalue weighted by atomic mass is 16.5. The molecule has 0 heterocycles. The lowest BCUT2D eigenvalue weighted by molar-refractivity contribution is 0.0994. The molecule has 0 atom stereocenters. The lowest BCUT2D eigenvalue weighted by Crippen LogP contribution is -2.00. The molecular weight excluding hydrogens is 200 g/mol. The molecule has 0 amide bonds. The van der Waals surface area contributed by atoms with Crippen molar-refractivity contribution in [1.82, 2.24) is 0 Å². The molecule has 0 unspecified atom stereocenters. The molecule has 0 fully saturated rings. The Kier molecular flexibility index (Phi) is 3.09. The second-order valence-electron chi connectivity index (χ2n) is 4.13. The second-order valence-corrected chi connectivity index (χ2v) is 4.13. The lowest BCUT2D eigenvalue weighted by Gasteiger charge is -2.08. The highest BCUT2D eigenvalue weighted by Crippen LogP contribution is 2.26. The van der Waals surface area contributed by atoms with Crippen LogP contribution in [0.5, 0.6) is 5.75 Å². The fourth-order valence-electron chi connectivity index (χ4n) is 1.81. The third-order valence-electron chi connectivity index (χ3n) is 2.94. The summed E-state index contributed by atoms with van der Waals surface area (Å²) < 4.78 is 5.61. The number of rotatable bonds is 4. The summed E-state index contributed by atoms with van der Waals surface area (Å²) in [7, 11) is 0. The van der Waals surface area contributed by atoms with E-state index < -0.39 is 0 Å². The minimum Gasteiger partial charge on any atom is -0.489 e. The third-order valence-corrected chi connectivity index (χ3v) is 2.94. The normalized spacial score (nSPS) is 13.7. The Bertz CT molecular complexity index is 432. The van der Waals surface area contributed by atoms with Gasteiger partial charge in [0.2, 0.25) is 0 Å². The summed E-state index contributed by atoms with van der Waals surface area (Å²) in [6, 6.07) is 5.71. The van der Waals surface area contributed by atoms with Crippen molar-refractivity contribution in [1.29, 1.82) is 0 Å². The van der Waals surface area contributed by atoms with Gasteiger partial charge in [0.1, 0.15) is 12.4 Å². The van der Waals surface area contributed by atoms with Gasteiger partial charge in [0.05, 0.1) is 0 Å². The molecule has 84 valence electrons. The molecule has 16 heavy (non-hydrogen) atoms. The summed E-state index contributed by atoms with van der Waals surface area (Å²) in [6.07, 6.45) is 2.42. The fraction of sp³-hybridized carbons (Fsp3) is 0.357. The van der Waals surface area contributed by atoms with Gasteiger partial charge in [-0.3, -0.25) is 4.79 Å². The first-order chi connectivity index (χ1) is 7.70. The smallest absolute Gasteiger partial charge is 0.163 e. The average molecular weight is 216 g/mol. The van der Waals surface area contributed by atoms with Crippen molar-refractivity contribution < 1.29 is 9.53 Å². The highest BCUT2D eigenvalue weighted by Gasteiger charge is 2.19. The number of carbonyl (C=O) groups is 1. The van der Waals surface area contributed by atoms with Gasteiger partial charge in [0.25, 0.3) is 0 Å². The van der Waals surface area contributed by atoms with Gasteiger partial charge in [-0.25, -0.2) is 0 Å². The largest absolute Gasteiger partial charge is 0.489 e. The zero-order valence-electron chi connectivity index (χ0n) is 9.58. The fourth-order valence-corrected chi connectivity index (χ4v) is 1.81. The van der Waals surface area contributed by atoms with Gasteiger partial charge in [-0.2, -0.15) is 0 Å². The number of fused-ring (bicyclic) bond motifs is 1. The Morgan fingerprint density at radius 2 is 2.25 bits per heavy atom. The van der Waals surface area contributed by atoms with E-state index in [9.17, 15) is 4.79 Å². The maximum Gasteiger partial charge on any atom is 0.163 e. The Morgan fingerprint density at radius 3 is 3.00 bits per heavy atom. The third kappa shape index (κ3) is 2.16. The molecule has 0 radical (unpaired) electrons. The zero-order chi connectivity index (χ0) is 11.5. The predicted molar refractivity (Wildman–Crippen MR) is 64.0 cm³/mol. The number of aryl methyl sites for hydroxylation is 1. The van der Waals surface area contributed by atoms with Crippen LogP contribution in [0.15, 0.2) is 30.4 Å². The molecule has 0 aromatic heterocycles. The van der Waals surface area contributed by atoms with E-state index in [-0.39, 0.29) is 5.78 Å². The van der Waals surface area contributed by atoms with E-state index in [1.165, 1.54) is 0 Å². The summed E-state index contributed by atoms with van der Waals surface area (Å²) in [6.45, 7) is 6.51. The van der Waals surface area contributed by atoms with Crippen LogP contribution in [0.3, 0.4) is 0 Å². The van der Waals surface area contributed by atoms with Gasteiger partial charge in [0, 0.05) is 12.0 Å². The number of ether oxygens (including phenoxy) is 1. The lowest BCUT2D eigenvalue weighted by atomic mass is 10.1. The van der Waals surface area contributed by atoms with E-state index in [1.54, 1.807) is 0 Å². The second kappa shape index (κ2) is 4.52. The van der Waals surface area contributed by atoms with Crippen molar-refractivity contribution in [2.75, 3.05) is 6.61 Å². The average Bonchev–Trinajstić information content (AvgIpc) is 2.67. The molecule has 1 aromatic carbocycles. The Balaban J connectivity index is 2.08. The SMILES string of the molecule is C=C(CC)COc1ccc2c(c1)CCC2=O. The molecule has 0 bridgehead atoms. The van der Waals surface area contributed by atoms with Gasteiger partial charge in [-0.15, -0.1) is 0 Å². The van der Waals surface area contributed by atoms with E-state index in [0.717, 1.165) is 35.3 Å². The molecule has 1 aliphatic carbocycles. The van der Waals surface area contributed by atoms with Crippen LogP contribution in [0.1, 0.15) is 35.7 Å². The van der Waals surface area contributed by atoms with Crippen molar-refractivity contribution in [3.63, 3.8) is 0 Å². The van der Waals surface area contributed by atoms with Crippen molar-refractivity contribution in [2.24, 2.45) is 0 Å². The Labute approximate surface area is 95.9 Å². The standard InChI is InChI=1S/C14H16O2/c1-3-10(2)9-16-12-5-6-13-11(8-12)4-7-14(13)15/h5-6,8H,2-4,7,9H2,1H3. The molecule has 1 aliphatic rings. The van der Waals surface area contributed by atoms with Crippen LogP contribution in [-0.4, -0.2) is 12.4 Å². The van der Waals surface area contributed by atoms with Gasteiger partial charge in [-0.1, -0.05) is 13.5 Å². The van der Waals surface area contributed by atoms with Gasteiger partial charge < -0.3 is 4.74 Å². The molecule has 1 aromatic rings. The summed E-state index contributed by atoms with van der Waals surface area (Å²) in [4.78, 5) is 11.4. The van der Waals surface area contributed by atoms with Crippen molar-refractivity contribution in [2.45, 2.75) is 26.2 Å². The molecule has 2 nitrogen and oxygen atoms in total. The summed E-state index contributed by atoms with van der Waals surface area (Å²) in [5.74, 6) is 1.09. The first-order valence-electron chi connectivity index (χ1n) is 5.66. The highest BCUT2D eigenvalue weighted by molar-refractivity contribution is 6.00. The minimum atomic E-state index is 0.250. The maximum atomic E-state index is 11.4. The van der Waals surface area contributed by atoms with Crippen molar-refractivity contribution >= 4 is 5.78 Å². The predicted octanol–water partition coefficient (Wildman–Crippen LogP) is 3.16. The van der Waals surface area contributed by atoms with E-state index >= 15 is 0 Å². The van der Waals surface area contributed by atoms with Gasteiger partial charge >= 0.3 is 0 Å². The molecule has 0 aliphatic heterocycles. The number of hydrogen-bond acceptors (Lipinski definition) is 2. The number of ketones is 1. The summed E-state index contributed by atoms with van der Waals surface area (Å²) in [5.41, 5.74) is 3.06. The van der Waals surface area contributed by atoms with Gasteiger partial charge in [0.15, 0.2) is 5.78 Å². The minimum absolute atomic E-state index is 0.250. The Morgan fingerprint density at radius 1 is 1.44 bits per heavy atom. The van der Waals surface area contributed by atoms with Crippen LogP contribution >= 0.6 is 0 Å². The number of hydrogen-bond donors (Lipinski definition) is 0. The first-order valence-corrected chi connectivity index (χ1v) is 5.66. The quantitative estimate of drug-likeness (QED) is 0.723. The summed E-state index contributed by atoms with van der Waals surface area (Å²) in [5, 5.41) is 0. The van der Waals surface area contributed by atoms with Crippen LogP contribution in [0.4, 0.5) is 0 Å². The van der Waals surface area contributed by atoms with Crippen LogP contribution in [0.25, 0.3) is 0 Å². The van der Waals surface area contributed by atoms with E-state index in [1.807, 2.05) is 18.2 Å². The molecule has 2 heteroatoms. The summed E-state index contributed by atoms with van der Waals surface area (Å²) >= 11 is 0. The van der Waals surface area contributed by atoms with Crippen LogP contribution in [0.2, 0.25) is 0 Å². The van der Waals surface area contributed by atoms with Crippen LogP contribution in [0, 0.1) is 0 Å².